The predicted octanol–water partition coefficient (Wildman–Crippen LogP) is 2.72. The first kappa shape index (κ1) is 17.3. The average Bonchev–Trinajstić information content (AvgIpc) is 2.37. The Morgan fingerprint density at radius 3 is 2.68 bits per heavy atom. The molecular weight excluding hydrogens is 282 g/mol. The Kier molecular flexibility index (Phi) is 8.41. The van der Waals surface area contributed by atoms with E-state index in [9.17, 15) is 4.21 Å². The van der Waals surface area contributed by atoms with Gasteiger partial charge in [0.15, 0.2) is 0 Å². The maximum absolute atomic E-state index is 10.8. The van der Waals surface area contributed by atoms with Crippen LogP contribution in [0.25, 0.3) is 0 Å². The highest BCUT2D eigenvalue weighted by molar-refractivity contribution is 8.27. The van der Waals surface area contributed by atoms with Crippen molar-refractivity contribution in [3.8, 4) is 0 Å². The quantitative estimate of drug-likeness (QED) is 0.641. The fraction of sp³-hybridized carbons (Fsp3) is 1.00. The van der Waals surface area contributed by atoms with Crippen LogP contribution in [0.5, 0.6) is 0 Å². The Balaban J connectivity index is 2.21. The first-order chi connectivity index (χ1) is 9.03. The highest BCUT2D eigenvalue weighted by Crippen LogP contribution is 2.32. The van der Waals surface area contributed by atoms with Crippen molar-refractivity contribution in [2.45, 2.75) is 51.9 Å². The highest BCUT2D eigenvalue weighted by atomic mass is 32.9. The molecule has 1 unspecified atom stereocenters. The van der Waals surface area contributed by atoms with Crippen molar-refractivity contribution in [3.63, 3.8) is 0 Å². The van der Waals surface area contributed by atoms with E-state index in [1.807, 2.05) is 0 Å². The van der Waals surface area contributed by atoms with Crippen LogP contribution in [0, 0.1) is 11.8 Å². The normalized spacial score (nSPS) is 22.0. The second kappa shape index (κ2) is 9.23. The van der Waals surface area contributed by atoms with Crippen molar-refractivity contribution in [2.75, 3.05) is 19.7 Å². The lowest BCUT2D eigenvalue weighted by Crippen LogP contribution is -2.31. The Labute approximate surface area is 122 Å². The van der Waals surface area contributed by atoms with E-state index in [1.54, 1.807) is 0 Å². The van der Waals surface area contributed by atoms with Gasteiger partial charge in [0, 0.05) is 17.7 Å². The summed E-state index contributed by atoms with van der Waals surface area (Å²) < 4.78 is 24.2. The summed E-state index contributed by atoms with van der Waals surface area (Å²) in [6.45, 7) is 3.99. The van der Waals surface area contributed by atoms with Crippen LogP contribution in [0.4, 0.5) is 0 Å². The second-order valence-electron chi connectivity index (χ2n) is 5.40. The molecule has 1 fully saturated rings. The van der Waals surface area contributed by atoms with E-state index in [0.717, 1.165) is 18.4 Å². The van der Waals surface area contributed by atoms with Crippen LogP contribution < -0.4 is 5.32 Å². The predicted molar refractivity (Wildman–Crippen MR) is 81.9 cm³/mol. The number of nitrogens with one attached hydrogen (secondary N) is 1. The molecule has 0 saturated heterocycles. The summed E-state index contributed by atoms with van der Waals surface area (Å²) in [5, 5.41) is 3.33. The van der Waals surface area contributed by atoms with Gasteiger partial charge in [0.2, 0.25) is 0 Å². The zero-order valence-electron chi connectivity index (χ0n) is 11.8. The summed E-state index contributed by atoms with van der Waals surface area (Å²) in [7, 11) is -3.46. The summed E-state index contributed by atoms with van der Waals surface area (Å²) in [5.74, 6) is 1.58. The minimum atomic E-state index is -3.46. The average molecular weight is 309 g/mol. The van der Waals surface area contributed by atoms with Crippen molar-refractivity contribution in [1.29, 1.82) is 0 Å². The molecule has 0 heterocycles. The van der Waals surface area contributed by atoms with Crippen molar-refractivity contribution in [1.82, 2.24) is 5.32 Å². The summed E-state index contributed by atoms with van der Waals surface area (Å²) in [5.41, 5.74) is 0. The molecule has 0 radical (unpaired) electrons. The maximum atomic E-state index is 10.8. The summed E-state index contributed by atoms with van der Waals surface area (Å²) in [6, 6.07) is 0. The monoisotopic (exact) mass is 309 g/mol. The first-order valence-corrected chi connectivity index (χ1v) is 9.72. The van der Waals surface area contributed by atoms with E-state index in [-0.39, 0.29) is 6.61 Å². The molecule has 0 amide bonds. The molecule has 1 saturated carbocycles. The van der Waals surface area contributed by atoms with Gasteiger partial charge < -0.3 is 5.32 Å². The molecular formula is C13H27NO3S2. The van der Waals surface area contributed by atoms with Gasteiger partial charge in [-0.25, -0.2) is 0 Å². The molecule has 0 aromatic heterocycles. The molecule has 0 aromatic rings. The largest absolute Gasteiger partial charge is 0.314 e. The topological polar surface area (TPSA) is 58.6 Å². The zero-order chi connectivity index (χ0) is 14.1. The Hall–Kier alpha value is 0.250. The van der Waals surface area contributed by atoms with Crippen LogP contribution in [0.1, 0.15) is 51.9 Å². The van der Waals surface area contributed by atoms with Gasteiger partial charge in [0.1, 0.15) is 0 Å². The number of hydrogen-bond acceptors (Lipinski definition) is 4. The van der Waals surface area contributed by atoms with Crippen LogP contribution in [0.3, 0.4) is 0 Å². The van der Waals surface area contributed by atoms with E-state index >= 15 is 0 Å². The molecule has 114 valence electrons. The lowest BCUT2D eigenvalue weighted by atomic mass is 9.78. The van der Waals surface area contributed by atoms with Crippen LogP contribution in [-0.2, 0) is 24.4 Å². The van der Waals surface area contributed by atoms with Crippen molar-refractivity contribution in [2.24, 2.45) is 11.8 Å². The molecule has 0 aliphatic heterocycles. The minimum absolute atomic E-state index is 0.197. The maximum Gasteiger partial charge on any atom is 0.266 e. The zero-order valence-corrected chi connectivity index (χ0v) is 13.4. The Morgan fingerprint density at radius 1 is 1.42 bits per heavy atom. The van der Waals surface area contributed by atoms with Gasteiger partial charge in [-0.3, -0.25) is 8.74 Å². The first-order valence-electron chi connectivity index (χ1n) is 7.35. The van der Waals surface area contributed by atoms with E-state index in [4.69, 9.17) is 4.55 Å². The molecule has 19 heavy (non-hydrogen) atoms. The third-order valence-electron chi connectivity index (χ3n) is 3.89. The molecule has 1 aliphatic carbocycles. The van der Waals surface area contributed by atoms with Crippen LogP contribution in [0.15, 0.2) is 0 Å². The van der Waals surface area contributed by atoms with Gasteiger partial charge in [0.05, 0.1) is 6.61 Å². The van der Waals surface area contributed by atoms with E-state index in [1.165, 1.54) is 44.9 Å². The third-order valence-corrected chi connectivity index (χ3v) is 4.65. The van der Waals surface area contributed by atoms with Gasteiger partial charge in [-0.15, -0.1) is 0 Å². The van der Waals surface area contributed by atoms with Gasteiger partial charge >= 0.3 is 0 Å². The van der Waals surface area contributed by atoms with E-state index in [0.29, 0.717) is 6.54 Å². The molecule has 1 aliphatic rings. The number of hydrogen-bond donors (Lipinski definition) is 2. The Bertz CT molecular complexity index is 327. The summed E-state index contributed by atoms with van der Waals surface area (Å²) in [4.78, 5) is 0. The van der Waals surface area contributed by atoms with Crippen molar-refractivity contribution in [3.05, 3.63) is 0 Å². The van der Waals surface area contributed by atoms with Crippen molar-refractivity contribution < 1.29 is 12.9 Å². The summed E-state index contributed by atoms with van der Waals surface area (Å²) in [6.07, 6.45) is 9.33. The fourth-order valence-electron chi connectivity index (χ4n) is 2.99. The molecule has 2 N–H and O–H groups in total. The Morgan fingerprint density at radius 2 is 2.11 bits per heavy atom. The summed E-state index contributed by atoms with van der Waals surface area (Å²) >= 11 is 4.26. The van der Waals surface area contributed by atoms with Gasteiger partial charge in [-0.2, -0.15) is 4.21 Å². The molecule has 0 aromatic carbocycles. The minimum Gasteiger partial charge on any atom is -0.314 e. The third kappa shape index (κ3) is 8.19. The molecule has 0 spiro atoms. The highest BCUT2D eigenvalue weighted by Gasteiger charge is 2.22. The van der Waals surface area contributed by atoms with Gasteiger partial charge in [-0.05, 0) is 24.8 Å². The van der Waals surface area contributed by atoms with E-state index < -0.39 is 9.05 Å². The standard InChI is InChI=1S/C13H27NO3S2/c1-2-6-13(12-7-4-3-5-8-12)11-14-9-10-17-19(15,16)18/h12-14H,2-11H2,1H3,(H,15,16,18)/t13-/m1/s1. The molecule has 0 bridgehead atoms. The fourth-order valence-corrected chi connectivity index (χ4v) is 3.49. The van der Waals surface area contributed by atoms with Crippen molar-refractivity contribution >= 4 is 20.2 Å². The molecule has 4 nitrogen and oxygen atoms in total. The second-order valence-corrected chi connectivity index (χ2v) is 7.76. The lowest BCUT2D eigenvalue weighted by Gasteiger charge is -2.30. The smallest absolute Gasteiger partial charge is 0.266 e. The molecule has 2 atom stereocenters. The van der Waals surface area contributed by atoms with Crippen LogP contribution in [0.2, 0.25) is 0 Å². The molecule has 1 rings (SSSR count). The lowest BCUT2D eigenvalue weighted by molar-refractivity contribution is 0.223. The van der Waals surface area contributed by atoms with Gasteiger partial charge in [0.25, 0.3) is 9.05 Å². The van der Waals surface area contributed by atoms with Crippen LogP contribution in [-0.4, -0.2) is 28.5 Å². The number of rotatable bonds is 9. The SMILES string of the molecule is CCC[C@H](CNCCOS(=O)(O)=S)C1CCCCC1. The van der Waals surface area contributed by atoms with Gasteiger partial charge in [-0.1, -0.05) is 45.4 Å². The van der Waals surface area contributed by atoms with E-state index in [2.05, 4.69) is 27.6 Å². The van der Waals surface area contributed by atoms with Crippen LogP contribution >= 0.6 is 0 Å². The molecule has 6 heteroatoms.